The lowest BCUT2D eigenvalue weighted by molar-refractivity contribution is -0.598. The number of hydrogen-bond acceptors (Lipinski definition) is 1. The van der Waals surface area contributed by atoms with E-state index in [1.165, 1.54) is 50.8 Å². The van der Waals surface area contributed by atoms with Crippen LogP contribution in [0.3, 0.4) is 0 Å². The Morgan fingerprint density at radius 3 is 2.43 bits per heavy atom. The van der Waals surface area contributed by atoms with Gasteiger partial charge in [0.1, 0.15) is 6.54 Å². The molecular weight excluding hydrogens is 348 g/mol. The highest BCUT2D eigenvalue weighted by molar-refractivity contribution is 5.68. The van der Waals surface area contributed by atoms with E-state index < -0.39 is 0 Å². The molecule has 1 aromatic rings. The van der Waals surface area contributed by atoms with Crippen LogP contribution in [0.1, 0.15) is 45.1 Å². The molecule has 23 heavy (non-hydrogen) atoms. The molecule has 0 aromatic heterocycles. The fraction of sp³-hybridized carbons (Fsp3) is 0.550. The lowest BCUT2D eigenvalue weighted by Crippen LogP contribution is -3.00. The van der Waals surface area contributed by atoms with Crippen LogP contribution in [0.5, 0.6) is 0 Å². The molecule has 0 saturated carbocycles. The van der Waals surface area contributed by atoms with E-state index in [1.807, 2.05) is 0 Å². The van der Waals surface area contributed by atoms with E-state index in [4.69, 9.17) is 0 Å². The highest BCUT2D eigenvalue weighted by Crippen LogP contribution is 2.27. The zero-order valence-corrected chi connectivity index (χ0v) is 16.1. The second-order valence-electron chi connectivity index (χ2n) is 7.27. The Labute approximate surface area is 151 Å². The van der Waals surface area contributed by atoms with E-state index in [0.29, 0.717) is 0 Å². The molecule has 126 valence electrons. The van der Waals surface area contributed by atoms with Crippen LogP contribution in [0.4, 0.5) is 0 Å². The molecule has 2 aliphatic rings. The molecule has 3 heteroatoms. The van der Waals surface area contributed by atoms with Gasteiger partial charge in [-0.2, -0.15) is 0 Å². The van der Waals surface area contributed by atoms with Crippen LogP contribution in [0.25, 0.3) is 0 Å². The van der Waals surface area contributed by atoms with Gasteiger partial charge >= 0.3 is 0 Å². The van der Waals surface area contributed by atoms with Crippen LogP contribution in [0.2, 0.25) is 0 Å². The number of benzene rings is 1. The molecule has 0 amide bonds. The number of nitrogens with zero attached hydrogens (tertiary/aromatic N) is 2. The predicted octanol–water partition coefficient (Wildman–Crippen LogP) is 0.869. The van der Waals surface area contributed by atoms with E-state index in [0.717, 1.165) is 6.54 Å². The SMILES string of the molecule is CC1(C)CC(N2CCCC2)=CC=[N+]1CCCc1ccccc1.[Br-]. The highest BCUT2D eigenvalue weighted by Gasteiger charge is 2.35. The summed E-state index contributed by atoms with van der Waals surface area (Å²) in [5, 5.41) is 0. The molecule has 0 aliphatic carbocycles. The Balaban J connectivity index is 0.00000192. The Morgan fingerprint density at radius 1 is 1.09 bits per heavy atom. The molecule has 2 heterocycles. The Kier molecular flexibility index (Phi) is 6.46. The van der Waals surface area contributed by atoms with Crippen LogP contribution in [-0.4, -0.2) is 40.9 Å². The van der Waals surface area contributed by atoms with Crippen molar-refractivity contribution in [2.24, 2.45) is 0 Å². The van der Waals surface area contributed by atoms with Crippen molar-refractivity contribution in [1.82, 2.24) is 4.90 Å². The van der Waals surface area contributed by atoms with Crippen LogP contribution in [-0.2, 0) is 6.42 Å². The number of aryl methyl sites for hydroxylation is 1. The summed E-state index contributed by atoms with van der Waals surface area (Å²) in [6, 6.07) is 10.8. The highest BCUT2D eigenvalue weighted by atomic mass is 79.9. The minimum absolute atomic E-state index is 0. The lowest BCUT2D eigenvalue weighted by atomic mass is 9.93. The standard InChI is InChI=1S/C20H29N2.BrH/c1-20(2)17-19(21-13-6-7-14-21)12-16-22(20)15-8-11-18-9-4-3-5-10-18;/h3-5,9-10,12,16H,6-8,11,13-15,17H2,1-2H3;1H/q+1;/p-1. The van der Waals surface area contributed by atoms with Crippen molar-refractivity contribution >= 4 is 6.21 Å². The molecule has 3 rings (SSSR count). The summed E-state index contributed by atoms with van der Waals surface area (Å²) in [7, 11) is 0. The maximum absolute atomic E-state index is 2.58. The summed E-state index contributed by atoms with van der Waals surface area (Å²) < 4.78 is 2.54. The molecule has 1 saturated heterocycles. The Bertz CT molecular complexity index is 554. The number of rotatable bonds is 5. The molecule has 0 N–H and O–H groups in total. The first-order valence-corrected chi connectivity index (χ1v) is 8.75. The number of halogens is 1. The third-order valence-electron chi connectivity index (χ3n) is 5.06. The lowest BCUT2D eigenvalue weighted by Gasteiger charge is -2.31. The zero-order valence-electron chi connectivity index (χ0n) is 14.5. The van der Waals surface area contributed by atoms with Gasteiger partial charge in [0.25, 0.3) is 0 Å². The maximum atomic E-state index is 2.58. The number of hydrogen-bond donors (Lipinski definition) is 0. The van der Waals surface area contributed by atoms with E-state index in [2.05, 4.69) is 65.9 Å². The smallest absolute Gasteiger partial charge is 0.165 e. The summed E-state index contributed by atoms with van der Waals surface area (Å²) in [5.41, 5.74) is 3.23. The minimum Gasteiger partial charge on any atom is -1.00 e. The van der Waals surface area contributed by atoms with Crippen molar-refractivity contribution in [3.05, 3.63) is 47.7 Å². The molecule has 0 bridgehead atoms. The third-order valence-corrected chi connectivity index (χ3v) is 5.06. The minimum atomic E-state index is 0. The van der Waals surface area contributed by atoms with Gasteiger partial charge in [-0.05, 0) is 24.8 Å². The molecule has 2 aliphatic heterocycles. The van der Waals surface area contributed by atoms with Gasteiger partial charge in [-0.1, -0.05) is 30.3 Å². The second kappa shape index (κ2) is 8.14. The van der Waals surface area contributed by atoms with E-state index in [9.17, 15) is 0 Å². The van der Waals surface area contributed by atoms with Gasteiger partial charge in [-0.3, -0.25) is 0 Å². The van der Waals surface area contributed by atoms with Gasteiger partial charge < -0.3 is 21.9 Å². The molecule has 1 fully saturated rings. The third kappa shape index (κ3) is 4.69. The molecular formula is C20H29BrN2. The van der Waals surface area contributed by atoms with Gasteiger partial charge in [-0.25, -0.2) is 4.58 Å². The van der Waals surface area contributed by atoms with Crippen molar-refractivity contribution in [3.63, 3.8) is 0 Å². The quantitative estimate of drug-likeness (QED) is 0.691. The predicted molar refractivity (Wildman–Crippen MR) is 93.5 cm³/mol. The monoisotopic (exact) mass is 376 g/mol. The van der Waals surface area contributed by atoms with Gasteiger partial charge in [0.2, 0.25) is 0 Å². The van der Waals surface area contributed by atoms with Gasteiger partial charge in [0.15, 0.2) is 11.8 Å². The van der Waals surface area contributed by atoms with Gasteiger partial charge in [0.05, 0.1) is 6.42 Å². The second-order valence-corrected chi connectivity index (χ2v) is 7.27. The van der Waals surface area contributed by atoms with Crippen molar-refractivity contribution in [2.75, 3.05) is 19.6 Å². The normalized spacial score (nSPS) is 19.8. The van der Waals surface area contributed by atoms with Crippen molar-refractivity contribution in [1.29, 1.82) is 0 Å². The van der Waals surface area contributed by atoms with E-state index >= 15 is 0 Å². The first-order chi connectivity index (χ1) is 10.6. The zero-order chi connectivity index (χ0) is 15.4. The van der Waals surface area contributed by atoms with Crippen molar-refractivity contribution in [2.45, 2.75) is 51.5 Å². The van der Waals surface area contributed by atoms with Crippen LogP contribution >= 0.6 is 0 Å². The molecule has 0 unspecified atom stereocenters. The van der Waals surface area contributed by atoms with E-state index in [1.54, 1.807) is 5.70 Å². The van der Waals surface area contributed by atoms with Crippen LogP contribution in [0, 0.1) is 0 Å². The van der Waals surface area contributed by atoms with Gasteiger partial charge in [-0.15, -0.1) is 0 Å². The fourth-order valence-corrected chi connectivity index (χ4v) is 3.68. The average Bonchev–Trinajstić information content (AvgIpc) is 3.04. The van der Waals surface area contributed by atoms with Crippen LogP contribution in [0.15, 0.2) is 42.1 Å². The molecule has 0 spiro atoms. The van der Waals surface area contributed by atoms with Crippen molar-refractivity contribution < 1.29 is 21.6 Å². The first kappa shape index (κ1) is 18.3. The first-order valence-electron chi connectivity index (χ1n) is 8.75. The maximum Gasteiger partial charge on any atom is 0.165 e. The Hall–Kier alpha value is -1.09. The number of allylic oxidation sites excluding steroid dienone is 1. The molecule has 0 atom stereocenters. The summed E-state index contributed by atoms with van der Waals surface area (Å²) in [6.07, 6.45) is 11.0. The molecule has 2 nitrogen and oxygen atoms in total. The van der Waals surface area contributed by atoms with Crippen molar-refractivity contribution in [3.8, 4) is 0 Å². The largest absolute Gasteiger partial charge is 1.00 e. The summed E-state index contributed by atoms with van der Waals surface area (Å²) >= 11 is 0. The Morgan fingerprint density at radius 2 is 1.78 bits per heavy atom. The summed E-state index contributed by atoms with van der Waals surface area (Å²) in [6.45, 7) is 8.42. The summed E-state index contributed by atoms with van der Waals surface area (Å²) in [5.74, 6) is 0. The fourth-order valence-electron chi connectivity index (χ4n) is 3.68. The molecule has 0 radical (unpaired) electrons. The topological polar surface area (TPSA) is 6.25 Å². The summed E-state index contributed by atoms with van der Waals surface area (Å²) in [4.78, 5) is 2.58. The van der Waals surface area contributed by atoms with E-state index in [-0.39, 0.29) is 22.5 Å². The van der Waals surface area contributed by atoms with Gasteiger partial charge in [0, 0.05) is 45.1 Å². The van der Waals surface area contributed by atoms with Crippen LogP contribution < -0.4 is 17.0 Å². The molecule has 1 aromatic carbocycles. The number of likely N-dealkylation sites (tertiary alicyclic amines) is 1. The average molecular weight is 377 g/mol.